The minimum atomic E-state index is 0.0363. The Hall–Kier alpha value is -4.63. The highest BCUT2D eigenvalue weighted by atomic mass is 32.1. The summed E-state index contributed by atoms with van der Waals surface area (Å²) >= 11 is 1.59. The van der Waals surface area contributed by atoms with Crippen LogP contribution in [-0.2, 0) is 9.59 Å². The average Bonchev–Trinajstić information content (AvgIpc) is 3.64. The second kappa shape index (κ2) is 11.2. The fourth-order valence-corrected chi connectivity index (χ4v) is 5.99. The molecule has 4 heterocycles. The summed E-state index contributed by atoms with van der Waals surface area (Å²) in [5.41, 5.74) is 11.2. The topological polar surface area (TPSA) is 118 Å². The number of carbonyl (C=O) groups is 2. The van der Waals surface area contributed by atoms with Gasteiger partial charge in [0.1, 0.15) is 5.82 Å². The molecule has 0 saturated heterocycles. The zero-order valence-corrected chi connectivity index (χ0v) is 22.7. The number of hydrogen-bond acceptors (Lipinski definition) is 7. The first-order chi connectivity index (χ1) is 19.5. The van der Waals surface area contributed by atoms with Crippen LogP contribution in [0.5, 0.6) is 0 Å². The standard InChI is InChI=1S/C31H28N6O2S/c32-30-29-26(34-31(35-30)23-9-5-10-25-24(23)19-33-36-25)18-27(40-29)21-14-16-37(17-15-21)28(39)11-4-8-22(38)13-12-20-6-2-1-3-7-20/h1-3,5-7,9-10,12-14,18-19H,4,8,11,15-17H2,(H,33,36)(H2,32,34,35)/b13-12+. The number of aromatic amines is 1. The van der Waals surface area contributed by atoms with Crippen LogP contribution in [0.25, 0.3) is 44.2 Å². The first-order valence-corrected chi connectivity index (χ1v) is 14.1. The Labute approximate surface area is 235 Å². The van der Waals surface area contributed by atoms with E-state index in [4.69, 9.17) is 10.7 Å². The Kier molecular flexibility index (Phi) is 7.20. The number of allylic oxidation sites excluding steroid dienone is 1. The van der Waals surface area contributed by atoms with Crippen molar-refractivity contribution in [2.75, 3.05) is 18.8 Å². The molecule has 8 nitrogen and oxygen atoms in total. The van der Waals surface area contributed by atoms with Gasteiger partial charge in [-0.05, 0) is 42.2 Å². The van der Waals surface area contributed by atoms with Gasteiger partial charge in [-0.3, -0.25) is 14.7 Å². The molecule has 0 spiro atoms. The van der Waals surface area contributed by atoms with Crippen molar-refractivity contribution in [3.05, 3.63) is 83.4 Å². The minimum absolute atomic E-state index is 0.0363. The molecule has 9 heteroatoms. The summed E-state index contributed by atoms with van der Waals surface area (Å²) in [5.74, 6) is 1.15. The van der Waals surface area contributed by atoms with E-state index in [1.165, 1.54) is 5.57 Å². The van der Waals surface area contributed by atoms with Crippen LogP contribution >= 0.6 is 11.3 Å². The third kappa shape index (κ3) is 5.41. The van der Waals surface area contributed by atoms with Crippen molar-refractivity contribution >= 4 is 61.6 Å². The van der Waals surface area contributed by atoms with Crippen LogP contribution in [0, 0.1) is 0 Å². The third-order valence-electron chi connectivity index (χ3n) is 7.08. The van der Waals surface area contributed by atoms with Crippen molar-refractivity contribution in [3.63, 3.8) is 0 Å². The molecule has 1 aliphatic heterocycles. The molecule has 0 aliphatic carbocycles. The van der Waals surface area contributed by atoms with E-state index >= 15 is 0 Å². The van der Waals surface area contributed by atoms with Gasteiger partial charge in [0.25, 0.3) is 0 Å². The van der Waals surface area contributed by atoms with Crippen molar-refractivity contribution in [3.8, 4) is 11.4 Å². The first kappa shape index (κ1) is 25.6. The number of aromatic nitrogens is 4. The fourth-order valence-electron chi connectivity index (χ4n) is 4.92. The van der Waals surface area contributed by atoms with E-state index in [1.807, 2.05) is 59.5 Å². The normalized spacial score (nSPS) is 13.8. The predicted molar refractivity (Wildman–Crippen MR) is 160 cm³/mol. The highest BCUT2D eigenvalue weighted by Gasteiger charge is 2.20. The van der Waals surface area contributed by atoms with Crippen LogP contribution in [0.15, 0.2) is 72.9 Å². The van der Waals surface area contributed by atoms with Gasteiger partial charge in [0.2, 0.25) is 5.91 Å². The number of nitrogens with zero attached hydrogens (tertiary/aromatic N) is 4. The van der Waals surface area contributed by atoms with Gasteiger partial charge in [0.15, 0.2) is 11.6 Å². The largest absolute Gasteiger partial charge is 0.382 e. The number of hydrogen-bond donors (Lipinski definition) is 2. The Morgan fingerprint density at radius 3 is 2.77 bits per heavy atom. The maximum atomic E-state index is 12.8. The number of ketones is 1. The summed E-state index contributed by atoms with van der Waals surface area (Å²) in [6, 6.07) is 17.7. The summed E-state index contributed by atoms with van der Waals surface area (Å²) in [7, 11) is 0. The summed E-state index contributed by atoms with van der Waals surface area (Å²) in [4.78, 5) is 37.3. The van der Waals surface area contributed by atoms with Gasteiger partial charge in [0, 0.05) is 41.8 Å². The van der Waals surface area contributed by atoms with E-state index in [9.17, 15) is 9.59 Å². The number of benzene rings is 2. The number of carbonyl (C=O) groups excluding carboxylic acids is 2. The third-order valence-corrected chi connectivity index (χ3v) is 8.30. The second-order valence-electron chi connectivity index (χ2n) is 9.78. The van der Waals surface area contributed by atoms with Crippen LogP contribution in [0.4, 0.5) is 5.82 Å². The van der Waals surface area contributed by atoms with E-state index < -0.39 is 0 Å². The van der Waals surface area contributed by atoms with E-state index in [0.29, 0.717) is 44.0 Å². The van der Waals surface area contributed by atoms with Gasteiger partial charge in [0.05, 0.1) is 21.9 Å². The van der Waals surface area contributed by atoms with Gasteiger partial charge in [-0.25, -0.2) is 9.97 Å². The number of H-pyrrole nitrogens is 1. The van der Waals surface area contributed by atoms with Crippen molar-refractivity contribution < 1.29 is 9.59 Å². The SMILES string of the molecule is Nc1nc(-c2cccc3[nH]ncc23)nc2cc(C3=CCN(C(=O)CCCC(=O)/C=C/c4ccccc4)CC3)sc12. The zero-order chi connectivity index (χ0) is 27.5. The molecular formula is C31H28N6O2S. The predicted octanol–water partition coefficient (Wildman–Crippen LogP) is 5.89. The number of rotatable bonds is 8. The lowest BCUT2D eigenvalue weighted by Gasteiger charge is -2.26. The van der Waals surface area contributed by atoms with E-state index in [1.54, 1.807) is 23.6 Å². The molecule has 0 fully saturated rings. The quantitative estimate of drug-likeness (QED) is 0.234. The molecule has 1 amide bonds. The highest BCUT2D eigenvalue weighted by molar-refractivity contribution is 7.20. The van der Waals surface area contributed by atoms with Crippen LogP contribution in [0.2, 0.25) is 0 Å². The number of thiophene rings is 1. The van der Waals surface area contributed by atoms with Gasteiger partial charge >= 0.3 is 0 Å². The van der Waals surface area contributed by atoms with E-state index in [2.05, 4.69) is 27.3 Å². The lowest BCUT2D eigenvalue weighted by Crippen LogP contribution is -2.34. The molecule has 2 aromatic carbocycles. The number of fused-ring (bicyclic) bond motifs is 2. The number of anilines is 1. The summed E-state index contributed by atoms with van der Waals surface area (Å²) in [5, 5.41) is 8.06. The molecule has 0 bridgehead atoms. The number of nitrogens with two attached hydrogens (primary N) is 1. The van der Waals surface area contributed by atoms with E-state index in [-0.39, 0.29) is 11.7 Å². The van der Waals surface area contributed by atoms with Crippen LogP contribution in [-0.4, -0.2) is 49.8 Å². The second-order valence-corrected chi connectivity index (χ2v) is 10.8. The summed E-state index contributed by atoms with van der Waals surface area (Å²) < 4.78 is 0.864. The van der Waals surface area contributed by atoms with Gasteiger partial charge in [-0.1, -0.05) is 54.6 Å². The lowest BCUT2D eigenvalue weighted by molar-refractivity contribution is -0.130. The van der Waals surface area contributed by atoms with Crippen molar-refractivity contribution in [2.24, 2.45) is 0 Å². The van der Waals surface area contributed by atoms with Crippen LogP contribution < -0.4 is 5.73 Å². The molecule has 0 atom stereocenters. The molecule has 3 N–H and O–H groups in total. The van der Waals surface area contributed by atoms with Crippen molar-refractivity contribution in [2.45, 2.75) is 25.7 Å². The molecule has 0 saturated carbocycles. The Morgan fingerprint density at radius 2 is 1.95 bits per heavy atom. The Balaban J connectivity index is 1.08. The van der Waals surface area contributed by atoms with E-state index in [0.717, 1.165) is 43.5 Å². The lowest BCUT2D eigenvalue weighted by atomic mass is 10.1. The number of nitrogens with one attached hydrogen (secondary N) is 1. The monoisotopic (exact) mass is 548 g/mol. The van der Waals surface area contributed by atoms with Gasteiger partial charge in [-0.15, -0.1) is 11.3 Å². The number of nitrogen functional groups attached to an aromatic ring is 1. The molecular weight excluding hydrogens is 520 g/mol. The maximum Gasteiger partial charge on any atom is 0.222 e. The van der Waals surface area contributed by atoms with Gasteiger partial charge in [-0.2, -0.15) is 5.10 Å². The van der Waals surface area contributed by atoms with Crippen molar-refractivity contribution in [1.29, 1.82) is 0 Å². The van der Waals surface area contributed by atoms with Gasteiger partial charge < -0.3 is 10.6 Å². The molecule has 0 radical (unpaired) electrons. The first-order valence-electron chi connectivity index (χ1n) is 13.3. The summed E-state index contributed by atoms with van der Waals surface area (Å²) in [6.07, 6.45) is 9.33. The zero-order valence-electron chi connectivity index (χ0n) is 21.8. The molecule has 5 aromatic rings. The molecule has 0 unspecified atom stereocenters. The smallest absolute Gasteiger partial charge is 0.222 e. The Morgan fingerprint density at radius 1 is 1.07 bits per heavy atom. The molecule has 6 rings (SSSR count). The fraction of sp³-hybridized carbons (Fsp3) is 0.194. The molecule has 40 heavy (non-hydrogen) atoms. The Bertz CT molecular complexity index is 1770. The van der Waals surface area contributed by atoms with Crippen LogP contribution in [0.3, 0.4) is 0 Å². The highest BCUT2D eigenvalue weighted by Crippen LogP contribution is 2.37. The molecule has 1 aliphatic rings. The number of amides is 1. The molecule has 200 valence electrons. The van der Waals surface area contributed by atoms with Crippen LogP contribution in [0.1, 0.15) is 36.1 Å². The average molecular weight is 549 g/mol. The molecule has 3 aromatic heterocycles. The van der Waals surface area contributed by atoms with Crippen molar-refractivity contribution in [1.82, 2.24) is 25.1 Å². The minimum Gasteiger partial charge on any atom is -0.382 e. The summed E-state index contributed by atoms with van der Waals surface area (Å²) in [6.45, 7) is 1.20. The maximum absolute atomic E-state index is 12.8.